The molecule has 0 aliphatic carbocycles. The van der Waals surface area contributed by atoms with Gasteiger partial charge in [0.1, 0.15) is 18.1 Å². The summed E-state index contributed by atoms with van der Waals surface area (Å²) >= 11 is 0. The lowest BCUT2D eigenvalue weighted by Gasteiger charge is -2.33. The van der Waals surface area contributed by atoms with Crippen LogP contribution < -0.4 is 15.4 Å². The van der Waals surface area contributed by atoms with E-state index in [1.807, 2.05) is 6.07 Å². The average Bonchev–Trinajstić information content (AvgIpc) is 2.52. The van der Waals surface area contributed by atoms with Gasteiger partial charge in [-0.15, -0.1) is 0 Å². The highest BCUT2D eigenvalue weighted by Crippen LogP contribution is 2.36. The molecule has 0 aromatic heterocycles. The molecular weight excluding hydrogens is 297 g/mol. The Hall–Kier alpha value is -3.07. The Morgan fingerprint density at radius 1 is 1.30 bits per heavy atom. The molecular formula is C17H14FN3O2. The van der Waals surface area contributed by atoms with Crippen LogP contribution in [0.25, 0.3) is 0 Å². The number of nitrogens with zero attached hydrogens (tertiary/aromatic N) is 2. The minimum absolute atomic E-state index is 0.0989. The number of anilines is 2. The van der Waals surface area contributed by atoms with Gasteiger partial charge >= 0.3 is 0 Å². The summed E-state index contributed by atoms with van der Waals surface area (Å²) in [5.74, 6) is -0.225. The van der Waals surface area contributed by atoms with Crippen molar-refractivity contribution in [1.29, 1.82) is 5.26 Å². The largest absolute Gasteiger partial charge is 0.478 e. The highest BCUT2D eigenvalue weighted by atomic mass is 19.1. The van der Waals surface area contributed by atoms with Crippen molar-refractivity contribution in [3.63, 3.8) is 0 Å². The number of nitrogen functional groups attached to an aromatic ring is 1. The minimum atomic E-state index is -0.804. The van der Waals surface area contributed by atoms with E-state index < -0.39 is 6.10 Å². The fourth-order valence-corrected chi connectivity index (χ4v) is 2.58. The number of nitrogens with two attached hydrogens (primary N) is 1. The monoisotopic (exact) mass is 311 g/mol. The Kier molecular flexibility index (Phi) is 3.85. The Labute approximate surface area is 132 Å². The van der Waals surface area contributed by atoms with E-state index >= 15 is 0 Å². The van der Waals surface area contributed by atoms with Crippen LogP contribution in [0.3, 0.4) is 0 Å². The number of nitriles is 1. The number of benzene rings is 2. The van der Waals surface area contributed by atoms with E-state index in [0.29, 0.717) is 22.7 Å². The first kappa shape index (κ1) is 14.9. The molecule has 0 saturated carbocycles. The minimum Gasteiger partial charge on any atom is -0.478 e. The number of ether oxygens (including phenoxy) is 1. The number of carbonyl (C=O) groups excluding carboxylic acids is 1. The number of amides is 1. The summed E-state index contributed by atoms with van der Waals surface area (Å²) in [6.45, 7) is -0.0989. The molecule has 0 radical (unpaired) electrons. The number of rotatable bonds is 3. The third kappa shape index (κ3) is 2.94. The SMILES string of the molecule is N#CCN1C(=O)C(Cc2cccc(F)c2)Oc2ccc(N)cc21. The van der Waals surface area contributed by atoms with E-state index in [1.54, 1.807) is 30.3 Å². The lowest BCUT2D eigenvalue weighted by molar-refractivity contribution is -0.126. The molecule has 23 heavy (non-hydrogen) atoms. The van der Waals surface area contributed by atoms with Crippen LogP contribution >= 0.6 is 0 Å². The number of halogens is 1. The predicted molar refractivity (Wildman–Crippen MR) is 83.3 cm³/mol. The Morgan fingerprint density at radius 2 is 2.13 bits per heavy atom. The highest BCUT2D eigenvalue weighted by Gasteiger charge is 2.34. The molecule has 1 atom stereocenters. The van der Waals surface area contributed by atoms with Gasteiger partial charge in [0.25, 0.3) is 5.91 Å². The van der Waals surface area contributed by atoms with Crippen molar-refractivity contribution < 1.29 is 13.9 Å². The summed E-state index contributed by atoms with van der Waals surface area (Å²) in [6.07, 6.45) is -0.580. The molecule has 5 nitrogen and oxygen atoms in total. The van der Waals surface area contributed by atoms with E-state index in [2.05, 4.69) is 0 Å². The van der Waals surface area contributed by atoms with Crippen molar-refractivity contribution in [2.24, 2.45) is 0 Å². The summed E-state index contributed by atoms with van der Waals surface area (Å²) in [5, 5.41) is 8.98. The first-order valence-electron chi connectivity index (χ1n) is 7.07. The maximum absolute atomic E-state index is 13.3. The number of hydrogen-bond donors (Lipinski definition) is 1. The molecule has 0 bridgehead atoms. The van der Waals surface area contributed by atoms with Gasteiger partial charge in [-0.2, -0.15) is 5.26 Å². The summed E-state index contributed by atoms with van der Waals surface area (Å²) in [6, 6.07) is 12.9. The molecule has 1 aliphatic rings. The molecule has 2 aromatic rings. The van der Waals surface area contributed by atoms with Crippen molar-refractivity contribution in [1.82, 2.24) is 0 Å². The molecule has 0 saturated heterocycles. The van der Waals surface area contributed by atoms with Gasteiger partial charge < -0.3 is 10.5 Å². The van der Waals surface area contributed by atoms with Gasteiger partial charge in [0, 0.05) is 12.1 Å². The van der Waals surface area contributed by atoms with E-state index in [1.165, 1.54) is 17.0 Å². The lowest BCUT2D eigenvalue weighted by atomic mass is 10.0. The second-order valence-electron chi connectivity index (χ2n) is 5.25. The van der Waals surface area contributed by atoms with Crippen molar-refractivity contribution in [2.75, 3.05) is 17.2 Å². The topological polar surface area (TPSA) is 79.3 Å². The van der Waals surface area contributed by atoms with Crippen molar-refractivity contribution >= 4 is 17.3 Å². The third-order valence-corrected chi connectivity index (χ3v) is 3.62. The smallest absolute Gasteiger partial charge is 0.269 e. The molecule has 2 aromatic carbocycles. The van der Waals surface area contributed by atoms with Gasteiger partial charge in [0.2, 0.25) is 0 Å². The molecule has 1 amide bonds. The van der Waals surface area contributed by atoms with Crippen LogP contribution in [0.2, 0.25) is 0 Å². The molecule has 1 aliphatic heterocycles. The van der Waals surface area contributed by atoms with Gasteiger partial charge in [-0.1, -0.05) is 12.1 Å². The fourth-order valence-electron chi connectivity index (χ4n) is 2.58. The van der Waals surface area contributed by atoms with Gasteiger partial charge in [0.05, 0.1) is 11.8 Å². The Morgan fingerprint density at radius 3 is 2.87 bits per heavy atom. The molecule has 1 heterocycles. The van der Waals surface area contributed by atoms with Gasteiger partial charge in [-0.3, -0.25) is 9.69 Å². The van der Waals surface area contributed by atoms with Crippen molar-refractivity contribution in [2.45, 2.75) is 12.5 Å². The fraction of sp³-hybridized carbons (Fsp3) is 0.176. The highest BCUT2D eigenvalue weighted by molar-refractivity contribution is 6.01. The number of carbonyl (C=O) groups is 1. The second kappa shape index (κ2) is 5.97. The summed E-state index contributed by atoms with van der Waals surface area (Å²) in [5.41, 5.74) is 7.35. The van der Waals surface area contributed by atoms with Crippen molar-refractivity contribution in [3.05, 3.63) is 53.8 Å². The van der Waals surface area contributed by atoms with Crippen LogP contribution in [0, 0.1) is 17.1 Å². The molecule has 116 valence electrons. The van der Waals surface area contributed by atoms with E-state index in [-0.39, 0.29) is 24.7 Å². The molecule has 0 fully saturated rings. The third-order valence-electron chi connectivity index (χ3n) is 3.62. The number of hydrogen-bond acceptors (Lipinski definition) is 4. The first-order valence-corrected chi connectivity index (χ1v) is 7.07. The molecule has 1 unspecified atom stereocenters. The average molecular weight is 311 g/mol. The Balaban J connectivity index is 1.93. The van der Waals surface area contributed by atoms with Crippen molar-refractivity contribution in [3.8, 4) is 11.8 Å². The van der Waals surface area contributed by atoms with Crippen LogP contribution in [0.1, 0.15) is 5.56 Å². The van der Waals surface area contributed by atoms with Gasteiger partial charge in [-0.05, 0) is 35.9 Å². The van der Waals surface area contributed by atoms with E-state index in [0.717, 1.165) is 0 Å². The lowest BCUT2D eigenvalue weighted by Crippen LogP contribution is -2.47. The molecule has 0 spiro atoms. The summed E-state index contributed by atoms with van der Waals surface area (Å²) < 4.78 is 19.0. The summed E-state index contributed by atoms with van der Waals surface area (Å²) in [7, 11) is 0. The first-order chi connectivity index (χ1) is 11.1. The van der Waals surface area contributed by atoms with Crippen LogP contribution in [-0.4, -0.2) is 18.6 Å². The standard InChI is InChI=1S/C17H14FN3O2/c18-12-3-1-2-11(8-12)9-16-17(22)21(7-6-19)14-10-13(20)4-5-15(14)23-16/h1-5,8,10,16H,7,9,20H2. The maximum atomic E-state index is 13.3. The quantitative estimate of drug-likeness (QED) is 0.696. The zero-order chi connectivity index (χ0) is 16.4. The van der Waals surface area contributed by atoms with Crippen LogP contribution in [0.5, 0.6) is 5.75 Å². The zero-order valence-electron chi connectivity index (χ0n) is 12.2. The Bertz CT molecular complexity index is 801. The van der Waals surface area contributed by atoms with E-state index in [4.69, 9.17) is 15.7 Å². The predicted octanol–water partition coefficient (Wildman–Crippen LogP) is 2.27. The van der Waals surface area contributed by atoms with Gasteiger partial charge in [-0.25, -0.2) is 4.39 Å². The molecule has 3 rings (SSSR count). The van der Waals surface area contributed by atoms with E-state index in [9.17, 15) is 9.18 Å². The normalized spacial score (nSPS) is 16.4. The van der Waals surface area contributed by atoms with Gasteiger partial charge in [0.15, 0.2) is 6.10 Å². The van der Waals surface area contributed by atoms with Crippen LogP contribution in [-0.2, 0) is 11.2 Å². The molecule has 6 heteroatoms. The van der Waals surface area contributed by atoms with Crippen LogP contribution in [0.15, 0.2) is 42.5 Å². The number of fused-ring (bicyclic) bond motifs is 1. The van der Waals surface area contributed by atoms with Crippen LogP contribution in [0.4, 0.5) is 15.8 Å². The zero-order valence-corrected chi connectivity index (χ0v) is 12.2. The maximum Gasteiger partial charge on any atom is 0.269 e. The second-order valence-corrected chi connectivity index (χ2v) is 5.25. The summed E-state index contributed by atoms with van der Waals surface area (Å²) in [4.78, 5) is 13.9. The molecule has 2 N–H and O–H groups in total.